The number of nitrogens with one attached hydrogen (secondary N) is 1. The van der Waals surface area contributed by atoms with Crippen LogP contribution in [0.4, 0.5) is 4.39 Å². The van der Waals surface area contributed by atoms with E-state index in [0.717, 1.165) is 17.0 Å². The molecule has 1 N–H and O–H groups in total. The van der Waals surface area contributed by atoms with Gasteiger partial charge in [0.25, 0.3) is 11.8 Å². The summed E-state index contributed by atoms with van der Waals surface area (Å²) in [5.41, 5.74) is 1.15. The van der Waals surface area contributed by atoms with Gasteiger partial charge in [0, 0.05) is 23.6 Å². The number of rotatable bonds is 4. The van der Waals surface area contributed by atoms with Crippen LogP contribution in [0.2, 0.25) is 0 Å². The molecule has 1 unspecified atom stereocenters. The van der Waals surface area contributed by atoms with Crippen LogP contribution >= 0.6 is 0 Å². The van der Waals surface area contributed by atoms with Crippen molar-refractivity contribution in [3.05, 3.63) is 95.0 Å². The smallest absolute Gasteiger partial charge is 0.261 e. The van der Waals surface area contributed by atoms with Crippen LogP contribution in [-0.4, -0.2) is 38.2 Å². The van der Waals surface area contributed by atoms with Crippen molar-refractivity contribution in [3.63, 3.8) is 0 Å². The van der Waals surface area contributed by atoms with Crippen LogP contribution in [0.1, 0.15) is 39.0 Å². The number of amides is 2. The third-order valence-corrected chi connectivity index (χ3v) is 8.67. The van der Waals surface area contributed by atoms with E-state index in [1.807, 2.05) is 6.92 Å². The van der Waals surface area contributed by atoms with Gasteiger partial charge in [-0.25, -0.2) is 12.8 Å². The highest BCUT2D eigenvalue weighted by Crippen LogP contribution is 2.39. The van der Waals surface area contributed by atoms with Crippen molar-refractivity contribution in [1.29, 1.82) is 0 Å². The number of carbonyl (C=O) groups excluding carboxylic acids is 2. The van der Waals surface area contributed by atoms with Gasteiger partial charge in [-0.3, -0.25) is 14.5 Å². The Kier molecular flexibility index (Phi) is 4.93. The monoisotopic (exact) mass is 504 g/mol. The fourth-order valence-corrected chi connectivity index (χ4v) is 6.44. The van der Waals surface area contributed by atoms with Crippen LogP contribution in [0.5, 0.6) is 0 Å². The molecule has 1 atom stereocenters. The molecule has 1 aromatic heterocycles. The lowest BCUT2D eigenvalue weighted by Crippen LogP contribution is -2.53. The first-order valence-electron chi connectivity index (χ1n) is 11.5. The molecule has 4 aromatic rings. The van der Waals surface area contributed by atoms with Crippen molar-refractivity contribution in [2.45, 2.75) is 28.7 Å². The summed E-state index contributed by atoms with van der Waals surface area (Å²) in [5, 5.41) is 4.15. The molecule has 0 radical (unpaired) electrons. The Bertz CT molecular complexity index is 1660. The first-order valence-corrected chi connectivity index (χ1v) is 12.9. The van der Waals surface area contributed by atoms with Gasteiger partial charge in [-0.2, -0.15) is 0 Å². The van der Waals surface area contributed by atoms with E-state index in [2.05, 4.69) is 5.32 Å². The third kappa shape index (κ3) is 3.30. The number of nitrogens with zero attached hydrogens (tertiary/aromatic N) is 1. The zero-order chi connectivity index (χ0) is 25.2. The standard InChI is InChI=1S/C27H21FN2O5S/c1-27(15-30-25(31)21-7-2-3-8-22(21)26(30)32)24-20(11-12-29-27)19-10-9-18(14-23(19)35-24)36(33,34)17-6-4-5-16(28)13-17/h2-10,13-14,29H,11-12,15H2,1H3. The second-order valence-corrected chi connectivity index (χ2v) is 11.2. The van der Waals surface area contributed by atoms with Gasteiger partial charge >= 0.3 is 0 Å². The average Bonchev–Trinajstić information content (AvgIpc) is 3.36. The molecule has 9 heteroatoms. The predicted molar refractivity (Wildman–Crippen MR) is 129 cm³/mol. The largest absolute Gasteiger partial charge is 0.459 e. The summed E-state index contributed by atoms with van der Waals surface area (Å²) in [7, 11) is -3.96. The molecule has 6 rings (SSSR count). The summed E-state index contributed by atoms with van der Waals surface area (Å²) in [6, 6.07) is 16.2. The molecule has 36 heavy (non-hydrogen) atoms. The highest BCUT2D eigenvalue weighted by molar-refractivity contribution is 7.91. The molecule has 2 aliphatic heterocycles. The van der Waals surface area contributed by atoms with Crippen LogP contribution in [0.25, 0.3) is 11.0 Å². The summed E-state index contributed by atoms with van der Waals surface area (Å²) in [4.78, 5) is 27.0. The zero-order valence-corrected chi connectivity index (χ0v) is 20.1. The van der Waals surface area contributed by atoms with Crippen molar-refractivity contribution < 1.29 is 26.8 Å². The molecular formula is C27H21FN2O5S. The lowest BCUT2D eigenvalue weighted by atomic mass is 9.88. The Hall–Kier alpha value is -3.82. The van der Waals surface area contributed by atoms with Gasteiger partial charge in [0.1, 0.15) is 17.2 Å². The molecule has 0 aliphatic carbocycles. The Labute approximate surface area is 206 Å². The topological polar surface area (TPSA) is 96.7 Å². The van der Waals surface area contributed by atoms with Gasteiger partial charge in [0.15, 0.2) is 0 Å². The van der Waals surface area contributed by atoms with E-state index in [9.17, 15) is 22.4 Å². The summed E-state index contributed by atoms with van der Waals surface area (Å²) >= 11 is 0. The number of imide groups is 1. The van der Waals surface area contributed by atoms with Gasteiger partial charge in [-0.1, -0.05) is 18.2 Å². The Morgan fingerprint density at radius 1 is 0.972 bits per heavy atom. The maximum atomic E-state index is 13.7. The maximum absolute atomic E-state index is 13.7. The van der Waals surface area contributed by atoms with E-state index in [-0.39, 0.29) is 28.2 Å². The van der Waals surface area contributed by atoms with E-state index in [1.54, 1.807) is 30.3 Å². The maximum Gasteiger partial charge on any atom is 0.261 e. The van der Waals surface area contributed by atoms with Crippen LogP contribution in [0, 0.1) is 5.82 Å². The van der Waals surface area contributed by atoms with Crippen LogP contribution in [0.3, 0.4) is 0 Å². The molecule has 3 heterocycles. The van der Waals surface area contributed by atoms with E-state index < -0.39 is 21.2 Å². The number of carbonyl (C=O) groups is 2. The lowest BCUT2D eigenvalue weighted by molar-refractivity contribution is 0.0590. The quantitative estimate of drug-likeness (QED) is 0.421. The summed E-state index contributed by atoms with van der Waals surface area (Å²) in [6.45, 7) is 2.51. The predicted octanol–water partition coefficient (Wildman–Crippen LogP) is 4.06. The molecule has 0 fully saturated rings. The van der Waals surface area contributed by atoms with Gasteiger partial charge in [-0.15, -0.1) is 0 Å². The summed E-state index contributed by atoms with van der Waals surface area (Å²) < 4.78 is 46.1. The minimum Gasteiger partial charge on any atom is -0.459 e. The number of hydrogen-bond donors (Lipinski definition) is 1. The van der Waals surface area contributed by atoms with Crippen molar-refractivity contribution >= 4 is 32.6 Å². The first kappa shape index (κ1) is 22.6. The van der Waals surface area contributed by atoms with Gasteiger partial charge in [0.2, 0.25) is 9.84 Å². The van der Waals surface area contributed by atoms with Crippen LogP contribution < -0.4 is 5.32 Å². The normalized spacial score (nSPS) is 19.6. The second kappa shape index (κ2) is 7.84. The zero-order valence-electron chi connectivity index (χ0n) is 19.2. The molecule has 0 saturated heterocycles. The van der Waals surface area contributed by atoms with Gasteiger partial charge in [-0.05, 0) is 55.8 Å². The SMILES string of the molecule is CC1(CN2C(=O)c3ccccc3C2=O)NCCc2c1oc1cc(S(=O)(=O)c3cccc(F)c3)ccc21. The fraction of sp³-hybridized carbons (Fsp3) is 0.185. The van der Waals surface area contributed by atoms with Gasteiger partial charge in [0.05, 0.1) is 33.0 Å². The molecule has 3 aromatic carbocycles. The highest BCUT2D eigenvalue weighted by atomic mass is 32.2. The molecule has 2 amide bonds. The summed E-state index contributed by atoms with van der Waals surface area (Å²) in [6.07, 6.45) is 0.635. The van der Waals surface area contributed by atoms with Crippen molar-refractivity contribution in [1.82, 2.24) is 10.2 Å². The molecule has 2 aliphatic rings. The van der Waals surface area contributed by atoms with Gasteiger partial charge < -0.3 is 9.73 Å². The number of sulfone groups is 1. The van der Waals surface area contributed by atoms with E-state index >= 15 is 0 Å². The average molecular weight is 505 g/mol. The van der Waals surface area contributed by atoms with Crippen LogP contribution in [0.15, 0.2) is 80.9 Å². The molecule has 0 bridgehead atoms. The van der Waals surface area contributed by atoms with Crippen molar-refractivity contribution in [2.75, 3.05) is 13.1 Å². The van der Waals surface area contributed by atoms with Crippen molar-refractivity contribution in [2.24, 2.45) is 0 Å². The summed E-state index contributed by atoms with van der Waals surface area (Å²) in [5.74, 6) is -0.795. The van der Waals surface area contributed by atoms with E-state index in [4.69, 9.17) is 4.42 Å². The molecule has 0 spiro atoms. The number of halogens is 1. The minimum absolute atomic E-state index is 0.0123. The lowest BCUT2D eigenvalue weighted by Gasteiger charge is -2.36. The second-order valence-electron chi connectivity index (χ2n) is 9.28. The molecule has 182 valence electrons. The Morgan fingerprint density at radius 3 is 2.36 bits per heavy atom. The molecule has 0 saturated carbocycles. The minimum atomic E-state index is -3.96. The number of fused-ring (bicyclic) bond motifs is 4. The Morgan fingerprint density at radius 2 is 1.67 bits per heavy atom. The molecule has 7 nitrogen and oxygen atoms in total. The number of benzene rings is 3. The van der Waals surface area contributed by atoms with E-state index in [1.165, 1.54) is 35.2 Å². The van der Waals surface area contributed by atoms with Crippen molar-refractivity contribution in [3.8, 4) is 0 Å². The number of hydrogen-bond acceptors (Lipinski definition) is 6. The first-order chi connectivity index (χ1) is 17.2. The fourth-order valence-electron chi connectivity index (χ4n) is 5.13. The number of furan rings is 1. The Balaban J connectivity index is 1.39. The third-order valence-electron chi connectivity index (χ3n) is 6.92. The highest BCUT2D eigenvalue weighted by Gasteiger charge is 2.44. The molecular weight excluding hydrogens is 483 g/mol. The van der Waals surface area contributed by atoms with Crippen LogP contribution in [-0.2, 0) is 21.8 Å². The van der Waals surface area contributed by atoms with E-state index in [0.29, 0.717) is 35.4 Å².